The lowest BCUT2D eigenvalue weighted by molar-refractivity contribution is -0.256. The van der Waals surface area contributed by atoms with Crippen LogP contribution in [0.1, 0.15) is 24.8 Å². The molecule has 158 valence electrons. The van der Waals surface area contributed by atoms with Crippen molar-refractivity contribution in [3.8, 4) is 0 Å². The molecule has 1 spiro atoms. The zero-order valence-electron chi connectivity index (χ0n) is 15.9. The second-order valence-corrected chi connectivity index (χ2v) is 10.5. The van der Waals surface area contributed by atoms with E-state index in [1.807, 2.05) is 0 Å². The number of benzene rings is 2. The van der Waals surface area contributed by atoms with E-state index in [4.69, 9.17) is 32.7 Å². The Bertz CT molecular complexity index is 1140. The zero-order chi connectivity index (χ0) is 21.1. The average Bonchev–Trinajstić information content (AvgIpc) is 3.52. The van der Waals surface area contributed by atoms with Crippen LogP contribution in [0.4, 0.5) is 5.69 Å². The van der Waals surface area contributed by atoms with Gasteiger partial charge in [0.15, 0.2) is 0 Å². The van der Waals surface area contributed by atoms with Crippen LogP contribution in [-0.4, -0.2) is 34.1 Å². The van der Waals surface area contributed by atoms with E-state index in [1.54, 1.807) is 11.0 Å². The molecule has 2 aromatic rings. The molecule has 5 rings (SSSR count). The Balaban J connectivity index is 1.63. The number of nitrogens with zero attached hydrogens (tertiary/aromatic N) is 1. The normalized spacial score (nSPS) is 20.6. The van der Waals surface area contributed by atoms with Crippen LogP contribution in [0.5, 0.6) is 0 Å². The van der Waals surface area contributed by atoms with E-state index in [1.165, 1.54) is 30.3 Å². The summed E-state index contributed by atoms with van der Waals surface area (Å²) in [6.07, 6.45) is 2.83. The standard InChI is InChI=1S/C21H19Cl2NO5S/c22-14-4-7-19(17(23)10-14)30(26,27)15-5-6-18-16(11-15)21(28-8-1-9-29-21)20(25)24(18)12-13-2-3-13/h4-7,10-11,13H,1-3,8-9,12H2. The predicted molar refractivity (Wildman–Crippen MR) is 112 cm³/mol. The van der Waals surface area contributed by atoms with Gasteiger partial charge in [0.05, 0.1) is 33.7 Å². The van der Waals surface area contributed by atoms with Gasteiger partial charge in [0.25, 0.3) is 11.7 Å². The summed E-state index contributed by atoms with van der Waals surface area (Å²) in [6, 6.07) is 8.87. The van der Waals surface area contributed by atoms with E-state index >= 15 is 0 Å². The maximum absolute atomic E-state index is 13.3. The van der Waals surface area contributed by atoms with Crippen LogP contribution in [0.15, 0.2) is 46.2 Å². The van der Waals surface area contributed by atoms with Crippen molar-refractivity contribution in [2.45, 2.75) is 34.8 Å². The Kier molecular flexibility index (Phi) is 4.87. The molecule has 1 saturated heterocycles. The topological polar surface area (TPSA) is 72.9 Å². The molecule has 3 aliphatic rings. The van der Waals surface area contributed by atoms with E-state index in [0.717, 1.165) is 12.8 Å². The SMILES string of the molecule is O=C1N(CC2CC2)c2ccc(S(=O)(=O)c3ccc(Cl)cc3Cl)cc2C12OCCCO2. The number of carbonyl (C=O) groups is 1. The number of halogens is 2. The van der Waals surface area contributed by atoms with Crippen LogP contribution in [0.25, 0.3) is 0 Å². The summed E-state index contributed by atoms with van der Waals surface area (Å²) in [5.41, 5.74) is 1.06. The van der Waals surface area contributed by atoms with Crippen molar-refractivity contribution in [1.29, 1.82) is 0 Å². The third-order valence-corrected chi connectivity index (χ3v) is 8.14. The number of anilines is 1. The first kappa shape index (κ1) is 20.3. The average molecular weight is 468 g/mol. The maximum atomic E-state index is 13.3. The van der Waals surface area contributed by atoms with Crippen molar-refractivity contribution in [2.24, 2.45) is 5.92 Å². The van der Waals surface area contributed by atoms with Crippen molar-refractivity contribution < 1.29 is 22.7 Å². The number of hydrogen-bond acceptors (Lipinski definition) is 5. The van der Waals surface area contributed by atoms with Crippen molar-refractivity contribution in [3.63, 3.8) is 0 Å². The molecule has 2 heterocycles. The van der Waals surface area contributed by atoms with E-state index in [0.29, 0.717) is 48.4 Å². The molecular weight excluding hydrogens is 449 g/mol. The van der Waals surface area contributed by atoms with Crippen LogP contribution >= 0.6 is 23.2 Å². The predicted octanol–water partition coefficient (Wildman–Crippen LogP) is 4.17. The molecule has 0 aromatic heterocycles. The van der Waals surface area contributed by atoms with Gasteiger partial charge in [-0.25, -0.2) is 8.42 Å². The van der Waals surface area contributed by atoms with Gasteiger partial charge in [-0.15, -0.1) is 0 Å². The van der Waals surface area contributed by atoms with E-state index in [2.05, 4.69) is 0 Å². The highest BCUT2D eigenvalue weighted by molar-refractivity contribution is 7.91. The smallest absolute Gasteiger partial charge is 0.292 e. The summed E-state index contributed by atoms with van der Waals surface area (Å²) in [7, 11) is -3.94. The first-order valence-corrected chi connectivity index (χ1v) is 12.0. The molecular formula is C21H19Cl2NO5S. The molecule has 30 heavy (non-hydrogen) atoms. The van der Waals surface area contributed by atoms with Gasteiger partial charge in [-0.1, -0.05) is 23.2 Å². The number of ether oxygens (including phenoxy) is 2. The van der Waals surface area contributed by atoms with Crippen molar-refractivity contribution in [1.82, 2.24) is 0 Å². The van der Waals surface area contributed by atoms with Crippen LogP contribution < -0.4 is 4.90 Å². The lowest BCUT2D eigenvalue weighted by Crippen LogP contribution is -2.47. The highest BCUT2D eigenvalue weighted by Crippen LogP contribution is 2.48. The summed E-state index contributed by atoms with van der Waals surface area (Å²) in [6.45, 7) is 1.31. The monoisotopic (exact) mass is 467 g/mol. The summed E-state index contributed by atoms with van der Waals surface area (Å²) in [4.78, 5) is 15.0. The number of carbonyl (C=O) groups excluding carboxylic acids is 1. The molecule has 0 bridgehead atoms. The largest absolute Gasteiger partial charge is 0.338 e. The molecule has 1 aliphatic carbocycles. The number of rotatable bonds is 4. The van der Waals surface area contributed by atoms with Gasteiger partial charge >= 0.3 is 0 Å². The zero-order valence-corrected chi connectivity index (χ0v) is 18.3. The van der Waals surface area contributed by atoms with Gasteiger partial charge in [-0.2, -0.15) is 0 Å². The van der Waals surface area contributed by atoms with Gasteiger partial charge in [0.2, 0.25) is 9.84 Å². The number of fused-ring (bicyclic) bond motifs is 2. The van der Waals surface area contributed by atoms with E-state index < -0.39 is 15.6 Å². The minimum absolute atomic E-state index is 0.0173. The molecule has 6 nitrogen and oxygen atoms in total. The molecule has 2 fully saturated rings. The van der Waals surface area contributed by atoms with Crippen molar-refractivity contribution in [3.05, 3.63) is 52.0 Å². The summed E-state index contributed by atoms with van der Waals surface area (Å²) < 4.78 is 38.3. The Labute approximate surface area is 184 Å². The highest BCUT2D eigenvalue weighted by Gasteiger charge is 2.55. The van der Waals surface area contributed by atoms with Gasteiger partial charge in [-0.05, 0) is 61.6 Å². The third-order valence-electron chi connectivity index (χ3n) is 5.67. The minimum Gasteiger partial charge on any atom is -0.338 e. The Hall–Kier alpha value is -1.64. The lowest BCUT2D eigenvalue weighted by Gasteiger charge is -2.32. The summed E-state index contributed by atoms with van der Waals surface area (Å²) >= 11 is 12.1. The molecule has 2 aliphatic heterocycles. The maximum Gasteiger partial charge on any atom is 0.292 e. The fourth-order valence-electron chi connectivity index (χ4n) is 3.95. The fraction of sp³-hybridized carbons (Fsp3) is 0.381. The van der Waals surface area contributed by atoms with E-state index in [-0.39, 0.29) is 20.7 Å². The quantitative estimate of drug-likeness (QED) is 0.674. The number of amides is 1. The van der Waals surface area contributed by atoms with Gasteiger partial charge in [0, 0.05) is 17.1 Å². The Morgan fingerprint density at radius 2 is 1.80 bits per heavy atom. The molecule has 0 unspecified atom stereocenters. The first-order chi connectivity index (χ1) is 14.3. The van der Waals surface area contributed by atoms with Crippen LogP contribution in [0.2, 0.25) is 10.0 Å². The molecule has 1 amide bonds. The molecule has 0 N–H and O–H groups in total. The summed E-state index contributed by atoms with van der Waals surface area (Å²) in [5, 5.41) is 0.381. The Morgan fingerprint density at radius 1 is 1.07 bits per heavy atom. The van der Waals surface area contributed by atoms with Crippen LogP contribution in [-0.2, 0) is 29.9 Å². The number of hydrogen-bond donors (Lipinski definition) is 0. The Morgan fingerprint density at radius 3 is 2.47 bits per heavy atom. The number of sulfone groups is 1. The van der Waals surface area contributed by atoms with E-state index in [9.17, 15) is 13.2 Å². The van der Waals surface area contributed by atoms with Crippen LogP contribution in [0, 0.1) is 5.92 Å². The van der Waals surface area contributed by atoms with Gasteiger partial charge in [-0.3, -0.25) is 4.79 Å². The molecule has 0 atom stereocenters. The lowest BCUT2D eigenvalue weighted by atomic mass is 10.1. The minimum atomic E-state index is -3.94. The van der Waals surface area contributed by atoms with Crippen molar-refractivity contribution in [2.75, 3.05) is 24.7 Å². The fourth-order valence-corrected chi connectivity index (χ4v) is 6.01. The van der Waals surface area contributed by atoms with Gasteiger partial charge < -0.3 is 14.4 Å². The molecule has 0 radical (unpaired) electrons. The second-order valence-electron chi connectivity index (χ2n) is 7.78. The second kappa shape index (κ2) is 7.21. The summed E-state index contributed by atoms with van der Waals surface area (Å²) in [5.74, 6) is -1.42. The van der Waals surface area contributed by atoms with Gasteiger partial charge in [0.1, 0.15) is 0 Å². The molecule has 9 heteroatoms. The molecule has 1 saturated carbocycles. The van der Waals surface area contributed by atoms with Crippen LogP contribution in [0.3, 0.4) is 0 Å². The third kappa shape index (κ3) is 3.15. The first-order valence-electron chi connectivity index (χ1n) is 9.77. The highest BCUT2D eigenvalue weighted by atomic mass is 35.5. The van der Waals surface area contributed by atoms with Crippen molar-refractivity contribution >= 4 is 44.6 Å². The molecule has 2 aromatic carbocycles.